The second kappa shape index (κ2) is 75.9. The molecule has 0 aromatic heterocycles. The molecule has 0 spiro atoms. The van der Waals surface area contributed by atoms with E-state index in [0.717, 1.165) is 135 Å². The monoisotopic (exact) mass is 1460 g/mol. The summed E-state index contributed by atoms with van der Waals surface area (Å²) in [6.45, 7) is 2.57. The molecular weight excluding hydrogens is 1310 g/mol. The van der Waals surface area contributed by atoms with Crippen LogP contribution in [0.15, 0.2) is 109 Å². The minimum absolute atomic E-state index is 0.106. The van der Waals surface area contributed by atoms with Crippen LogP contribution in [0, 0.1) is 0 Å². The number of carbonyl (C=O) groups excluding carboxylic acids is 3. The summed E-state index contributed by atoms with van der Waals surface area (Å²) in [6, 6.07) is 0. The standard InChI is InChI=1S/C83H146O16P2/c1-4-7-10-13-16-19-22-25-27-29-31-33-35-37-38-40-42-43-45-47-49-52-54-57-60-63-66-69-81(86)93-72-78(84)73-95-100(89,90)96-74-79(85)75-97-101(91,92)98-77-80(99-83(88)71-68-65-62-59-56-51-24-21-18-15-12-9-6-3)76-94-82(87)70-67-64-61-58-55-53-50-48-46-44-41-39-36-34-32-30-28-26-23-20-17-14-11-8-5-2/h7,10,16-17,19-20,25-28,31-34,37-39,41,78-80,84-85H,4-6,8-9,11-15,18,21-24,29-30,35-36,40,42-77H2,1-3H3,(H,89,90)(H,91,92)/b10-7-,19-16-,20-17-,27-25-,28-26-,33-31-,34-32-,38-37-,41-39-. The Morgan fingerprint density at radius 1 is 0.287 bits per heavy atom. The molecule has 0 saturated carbocycles. The highest BCUT2D eigenvalue weighted by atomic mass is 31.2. The van der Waals surface area contributed by atoms with Crippen molar-refractivity contribution in [3.8, 4) is 0 Å². The fourth-order valence-corrected chi connectivity index (χ4v) is 12.5. The maximum absolute atomic E-state index is 13.0. The summed E-state index contributed by atoms with van der Waals surface area (Å²) in [5.41, 5.74) is 0. The quantitative estimate of drug-likeness (QED) is 0.0146. The smallest absolute Gasteiger partial charge is 0.463 e. The third-order valence-electron chi connectivity index (χ3n) is 17.0. The lowest BCUT2D eigenvalue weighted by Crippen LogP contribution is -2.30. The van der Waals surface area contributed by atoms with Crippen LogP contribution in [0.4, 0.5) is 0 Å². The number of hydrogen-bond donors (Lipinski definition) is 4. The topological polar surface area (TPSA) is 231 Å². The molecule has 0 aliphatic heterocycles. The van der Waals surface area contributed by atoms with E-state index in [4.69, 9.17) is 32.3 Å². The van der Waals surface area contributed by atoms with Crippen LogP contribution in [0.25, 0.3) is 0 Å². The summed E-state index contributed by atoms with van der Waals surface area (Å²) < 4.78 is 61.2. The molecule has 0 saturated heterocycles. The van der Waals surface area contributed by atoms with E-state index >= 15 is 0 Å². The van der Waals surface area contributed by atoms with Gasteiger partial charge in [-0.15, -0.1) is 0 Å². The number of aliphatic hydroxyl groups is 2. The molecule has 0 bridgehead atoms. The first-order chi connectivity index (χ1) is 49.2. The number of aliphatic hydroxyl groups excluding tert-OH is 2. The first-order valence-electron chi connectivity index (χ1n) is 40.2. The van der Waals surface area contributed by atoms with Crippen molar-refractivity contribution in [3.05, 3.63) is 109 Å². The summed E-state index contributed by atoms with van der Waals surface area (Å²) in [5, 5.41) is 20.6. The van der Waals surface area contributed by atoms with Gasteiger partial charge in [0.2, 0.25) is 0 Å². The largest absolute Gasteiger partial charge is 0.472 e. The van der Waals surface area contributed by atoms with Crippen LogP contribution in [-0.2, 0) is 55.8 Å². The highest BCUT2D eigenvalue weighted by Crippen LogP contribution is 2.45. The molecule has 16 nitrogen and oxygen atoms in total. The Balaban J connectivity index is 4.52. The van der Waals surface area contributed by atoms with Crippen LogP contribution in [-0.4, -0.2) is 95.9 Å². The Bertz CT molecular complexity index is 2270. The minimum Gasteiger partial charge on any atom is -0.463 e. The van der Waals surface area contributed by atoms with E-state index in [-0.39, 0.29) is 19.3 Å². The van der Waals surface area contributed by atoms with Gasteiger partial charge in [0.15, 0.2) is 6.10 Å². The fourth-order valence-electron chi connectivity index (χ4n) is 10.9. The van der Waals surface area contributed by atoms with Crippen LogP contribution >= 0.6 is 15.6 Å². The Kier molecular flexibility index (Phi) is 73.0. The van der Waals surface area contributed by atoms with E-state index in [9.17, 15) is 43.5 Å². The molecule has 0 aromatic rings. The summed E-state index contributed by atoms with van der Waals surface area (Å²) in [4.78, 5) is 58.6. The number of carbonyl (C=O) groups is 3. The normalized spacial score (nSPS) is 14.6. The predicted octanol–water partition coefficient (Wildman–Crippen LogP) is 23.5. The molecule has 5 unspecified atom stereocenters. The molecule has 584 valence electrons. The van der Waals surface area contributed by atoms with Gasteiger partial charge in [0, 0.05) is 19.3 Å². The molecule has 0 fully saturated rings. The molecule has 0 rings (SSSR count). The van der Waals surface area contributed by atoms with E-state index in [2.05, 4.69) is 130 Å². The average Bonchev–Trinajstić information content (AvgIpc) is 0.949. The van der Waals surface area contributed by atoms with Gasteiger partial charge in [-0.05, 0) is 109 Å². The second-order valence-corrected chi connectivity index (χ2v) is 29.8. The number of phosphoric ester groups is 2. The summed E-state index contributed by atoms with van der Waals surface area (Å²) >= 11 is 0. The maximum Gasteiger partial charge on any atom is 0.472 e. The average molecular weight is 1460 g/mol. The van der Waals surface area contributed by atoms with Crippen molar-refractivity contribution in [2.45, 2.75) is 360 Å². The fraction of sp³-hybridized carbons (Fsp3) is 0.747. The van der Waals surface area contributed by atoms with Crippen molar-refractivity contribution in [1.82, 2.24) is 0 Å². The van der Waals surface area contributed by atoms with Crippen molar-refractivity contribution in [2.24, 2.45) is 0 Å². The zero-order chi connectivity index (χ0) is 73.7. The molecule has 18 heteroatoms. The summed E-state index contributed by atoms with van der Waals surface area (Å²) in [5.74, 6) is -1.57. The summed E-state index contributed by atoms with van der Waals surface area (Å²) in [7, 11) is -9.78. The van der Waals surface area contributed by atoms with E-state index in [0.29, 0.717) is 19.3 Å². The first-order valence-corrected chi connectivity index (χ1v) is 43.2. The van der Waals surface area contributed by atoms with Gasteiger partial charge in [-0.2, -0.15) is 0 Å². The Labute approximate surface area is 615 Å². The van der Waals surface area contributed by atoms with Crippen molar-refractivity contribution >= 4 is 33.6 Å². The Hall–Kier alpha value is -3.79. The van der Waals surface area contributed by atoms with Gasteiger partial charge in [0.1, 0.15) is 25.4 Å². The number of rotatable bonds is 76. The number of esters is 3. The number of unbranched alkanes of at least 4 members (excludes halogenated alkanes) is 35. The Morgan fingerprint density at radius 3 is 0.851 bits per heavy atom. The lowest BCUT2D eigenvalue weighted by Gasteiger charge is -2.21. The van der Waals surface area contributed by atoms with Gasteiger partial charge < -0.3 is 34.2 Å². The van der Waals surface area contributed by atoms with E-state index < -0.39 is 91.5 Å². The van der Waals surface area contributed by atoms with Crippen molar-refractivity contribution in [3.63, 3.8) is 0 Å². The molecular formula is C83H146O16P2. The van der Waals surface area contributed by atoms with Gasteiger partial charge in [-0.25, -0.2) is 9.13 Å². The maximum atomic E-state index is 13.0. The van der Waals surface area contributed by atoms with Crippen LogP contribution in [0.2, 0.25) is 0 Å². The lowest BCUT2D eigenvalue weighted by molar-refractivity contribution is -0.161. The zero-order valence-electron chi connectivity index (χ0n) is 63.8. The molecule has 0 aliphatic carbocycles. The van der Waals surface area contributed by atoms with Gasteiger partial charge in [-0.1, -0.05) is 323 Å². The molecule has 5 atom stereocenters. The summed E-state index contributed by atoms with van der Waals surface area (Å²) in [6.07, 6.45) is 88.5. The SMILES string of the molecule is CC/C=C\C/C=C\C/C=C\C/C=C\C/C=C\CCCCCCCCCCCCCC(=O)OCC(O)COP(=O)(O)OCC(O)COP(=O)(O)OCC(COC(=O)CCCCCCCCCCC/C=C\C/C=C\C/C=C\C/C=C\CCCCC)OC(=O)CCCCCCCCCCCCCCC. The Morgan fingerprint density at radius 2 is 0.525 bits per heavy atom. The first kappa shape index (κ1) is 97.2. The van der Waals surface area contributed by atoms with Crippen molar-refractivity contribution in [1.29, 1.82) is 0 Å². The van der Waals surface area contributed by atoms with Gasteiger partial charge in [0.25, 0.3) is 0 Å². The van der Waals surface area contributed by atoms with Gasteiger partial charge in [-0.3, -0.25) is 32.5 Å². The molecule has 101 heavy (non-hydrogen) atoms. The molecule has 0 amide bonds. The number of ether oxygens (including phenoxy) is 3. The highest BCUT2D eigenvalue weighted by Gasteiger charge is 2.29. The predicted molar refractivity (Wildman–Crippen MR) is 417 cm³/mol. The number of allylic oxidation sites excluding steroid dienone is 18. The van der Waals surface area contributed by atoms with E-state index in [1.165, 1.54) is 148 Å². The van der Waals surface area contributed by atoms with E-state index in [1.54, 1.807) is 0 Å². The van der Waals surface area contributed by atoms with Crippen molar-refractivity contribution < 1.29 is 75.8 Å². The molecule has 0 heterocycles. The third kappa shape index (κ3) is 77.1. The zero-order valence-corrected chi connectivity index (χ0v) is 65.6. The molecule has 0 aromatic carbocycles. The van der Waals surface area contributed by atoms with E-state index in [1.807, 2.05) is 0 Å². The molecule has 0 aliphatic rings. The third-order valence-corrected chi connectivity index (χ3v) is 18.9. The van der Waals surface area contributed by atoms with Crippen LogP contribution in [0.5, 0.6) is 0 Å². The lowest BCUT2D eigenvalue weighted by atomic mass is 10.0. The van der Waals surface area contributed by atoms with Crippen molar-refractivity contribution in [2.75, 3.05) is 39.6 Å². The molecule has 0 radical (unpaired) electrons. The van der Waals surface area contributed by atoms with Gasteiger partial charge in [0.05, 0.1) is 26.4 Å². The van der Waals surface area contributed by atoms with Crippen LogP contribution in [0.1, 0.15) is 342 Å². The van der Waals surface area contributed by atoms with Gasteiger partial charge >= 0.3 is 33.6 Å². The highest BCUT2D eigenvalue weighted by molar-refractivity contribution is 7.47. The number of phosphoric acid groups is 2. The number of hydrogen-bond acceptors (Lipinski definition) is 14. The minimum atomic E-state index is -4.93. The molecule has 4 N–H and O–H groups in total. The van der Waals surface area contributed by atoms with Crippen LogP contribution < -0.4 is 0 Å². The van der Waals surface area contributed by atoms with Crippen LogP contribution in [0.3, 0.4) is 0 Å². The second-order valence-electron chi connectivity index (χ2n) is 26.8.